The summed E-state index contributed by atoms with van der Waals surface area (Å²) in [6.07, 6.45) is 38.6. The van der Waals surface area contributed by atoms with Gasteiger partial charge in [-0.1, -0.05) is 153 Å². The molecule has 0 saturated carbocycles. The summed E-state index contributed by atoms with van der Waals surface area (Å²) in [5, 5.41) is 9.99. The molecular weight excluding hydrogens is 588 g/mol. The molecule has 270 valence electrons. The number of rotatable bonds is 33. The second-order valence-electron chi connectivity index (χ2n) is 13.2. The number of hydrogen-bond acceptors (Lipinski definition) is 6. The van der Waals surface area contributed by atoms with Gasteiger partial charge in [-0.2, -0.15) is 0 Å². The Morgan fingerprint density at radius 1 is 0.574 bits per heavy atom. The van der Waals surface area contributed by atoms with Crippen molar-refractivity contribution in [2.45, 2.75) is 175 Å². The summed E-state index contributed by atoms with van der Waals surface area (Å²) in [7, 11) is 0. The van der Waals surface area contributed by atoms with Crippen LogP contribution in [-0.2, 0) is 23.9 Å². The third-order valence-corrected chi connectivity index (χ3v) is 7.97. The number of carbonyl (C=O) groups is 3. The summed E-state index contributed by atoms with van der Waals surface area (Å²) >= 11 is 0. The number of allylic oxidation sites excluding steroid dienone is 8. The zero-order chi connectivity index (χ0) is 34.6. The maximum Gasteiger partial charge on any atom is 0.305 e. The Bertz CT molecular complexity index is 869. The smallest absolute Gasteiger partial charge is 0.305 e. The normalized spacial score (nSPS) is 12.7. The van der Waals surface area contributed by atoms with Crippen LogP contribution in [0.15, 0.2) is 48.6 Å². The summed E-state index contributed by atoms with van der Waals surface area (Å²) in [6, 6.07) is 0. The minimum absolute atomic E-state index is 0.147. The number of carbonyl (C=O) groups excluding carboxylic acids is 3. The van der Waals surface area contributed by atoms with Gasteiger partial charge in [0.05, 0.1) is 0 Å². The quantitative estimate of drug-likeness (QED) is 0.0248. The highest BCUT2D eigenvalue weighted by atomic mass is 16.6. The fourth-order valence-electron chi connectivity index (χ4n) is 5.04. The van der Waals surface area contributed by atoms with Gasteiger partial charge in [0.1, 0.15) is 19.3 Å². The summed E-state index contributed by atoms with van der Waals surface area (Å²) in [4.78, 5) is 35.5. The average Bonchev–Trinajstić information content (AvgIpc) is 3.05. The zero-order valence-corrected chi connectivity index (χ0v) is 30.4. The maximum absolute atomic E-state index is 11.9. The van der Waals surface area contributed by atoms with Crippen LogP contribution in [0.2, 0.25) is 0 Å². The number of unbranched alkanes of at least 4 members (excludes halogenated alkanes) is 14. The topological polar surface area (TPSA) is 89.9 Å². The van der Waals surface area contributed by atoms with Gasteiger partial charge in [-0.25, -0.2) is 0 Å². The first kappa shape index (κ1) is 44.5. The first-order chi connectivity index (χ1) is 22.8. The Kier molecular flexibility index (Phi) is 33.0. The van der Waals surface area contributed by atoms with Crippen molar-refractivity contribution in [2.24, 2.45) is 5.92 Å². The van der Waals surface area contributed by atoms with E-state index in [9.17, 15) is 19.5 Å². The number of ketones is 1. The van der Waals surface area contributed by atoms with Crippen LogP contribution in [-0.4, -0.2) is 42.1 Å². The Morgan fingerprint density at radius 2 is 1.06 bits per heavy atom. The third kappa shape index (κ3) is 36.2. The van der Waals surface area contributed by atoms with Gasteiger partial charge in [-0.3, -0.25) is 14.4 Å². The second-order valence-corrected chi connectivity index (χ2v) is 13.2. The highest BCUT2D eigenvalue weighted by molar-refractivity contribution is 5.89. The SMILES string of the molecule is CCCCCC(=O)/C=C/C=C\C/C=C\C/C=C\CCCC(=O)OC[C@H](O)COC(=O)CCCCCCCCCCCCCCC(C)C. The number of hydrogen-bond donors (Lipinski definition) is 1. The van der Waals surface area contributed by atoms with E-state index >= 15 is 0 Å². The van der Waals surface area contributed by atoms with Gasteiger partial charge in [0.25, 0.3) is 0 Å². The van der Waals surface area contributed by atoms with Crippen molar-refractivity contribution in [3.8, 4) is 0 Å². The fraction of sp³-hybridized carbons (Fsp3) is 0.732. The number of esters is 2. The Labute approximate surface area is 288 Å². The lowest BCUT2D eigenvalue weighted by Crippen LogP contribution is -2.25. The van der Waals surface area contributed by atoms with Gasteiger partial charge in [0.15, 0.2) is 5.78 Å². The van der Waals surface area contributed by atoms with E-state index in [4.69, 9.17) is 9.47 Å². The van der Waals surface area contributed by atoms with E-state index in [-0.39, 0.29) is 37.4 Å². The van der Waals surface area contributed by atoms with Crippen molar-refractivity contribution in [1.82, 2.24) is 0 Å². The summed E-state index contributed by atoms with van der Waals surface area (Å²) in [6.45, 7) is 6.42. The zero-order valence-electron chi connectivity index (χ0n) is 30.4. The highest BCUT2D eigenvalue weighted by Gasteiger charge is 2.12. The molecule has 0 fully saturated rings. The van der Waals surface area contributed by atoms with Crippen LogP contribution in [0.5, 0.6) is 0 Å². The van der Waals surface area contributed by atoms with Gasteiger partial charge >= 0.3 is 11.9 Å². The highest BCUT2D eigenvalue weighted by Crippen LogP contribution is 2.14. The lowest BCUT2D eigenvalue weighted by atomic mass is 10.0. The van der Waals surface area contributed by atoms with Crippen molar-refractivity contribution in [3.63, 3.8) is 0 Å². The van der Waals surface area contributed by atoms with Crippen LogP contribution < -0.4 is 0 Å². The number of aliphatic hydroxyl groups is 1. The van der Waals surface area contributed by atoms with Gasteiger partial charge in [0.2, 0.25) is 0 Å². The van der Waals surface area contributed by atoms with E-state index in [0.29, 0.717) is 19.3 Å². The average molecular weight is 659 g/mol. The third-order valence-electron chi connectivity index (χ3n) is 7.97. The van der Waals surface area contributed by atoms with Crippen molar-refractivity contribution < 1.29 is 29.0 Å². The lowest BCUT2D eigenvalue weighted by Gasteiger charge is -2.12. The molecule has 6 nitrogen and oxygen atoms in total. The number of ether oxygens (including phenoxy) is 2. The molecule has 0 heterocycles. The molecule has 1 atom stereocenters. The van der Waals surface area contributed by atoms with Crippen molar-refractivity contribution >= 4 is 17.7 Å². The molecule has 0 aliphatic rings. The lowest BCUT2D eigenvalue weighted by molar-refractivity contribution is -0.152. The maximum atomic E-state index is 11.9. The van der Waals surface area contributed by atoms with Gasteiger partial charge in [-0.15, -0.1) is 0 Å². The molecule has 6 heteroatoms. The first-order valence-electron chi connectivity index (χ1n) is 19.0. The predicted molar refractivity (Wildman–Crippen MR) is 196 cm³/mol. The van der Waals surface area contributed by atoms with Crippen molar-refractivity contribution in [2.75, 3.05) is 13.2 Å². The number of aliphatic hydroxyl groups excluding tert-OH is 1. The van der Waals surface area contributed by atoms with Gasteiger partial charge in [-0.05, 0) is 50.5 Å². The molecule has 0 rings (SSSR count). The Hall–Kier alpha value is -2.47. The molecule has 0 aromatic heterocycles. The van der Waals surface area contributed by atoms with Gasteiger partial charge in [0, 0.05) is 19.3 Å². The van der Waals surface area contributed by atoms with Crippen molar-refractivity contribution in [1.29, 1.82) is 0 Å². The fourth-order valence-corrected chi connectivity index (χ4v) is 5.04. The van der Waals surface area contributed by atoms with Crippen LogP contribution in [0, 0.1) is 5.92 Å². The molecule has 0 aromatic rings. The van der Waals surface area contributed by atoms with E-state index in [1.54, 1.807) is 6.08 Å². The molecule has 0 aliphatic heterocycles. The van der Waals surface area contributed by atoms with E-state index in [0.717, 1.165) is 63.7 Å². The summed E-state index contributed by atoms with van der Waals surface area (Å²) < 4.78 is 10.3. The predicted octanol–water partition coefficient (Wildman–Crippen LogP) is 10.9. The molecule has 0 amide bonds. The molecular formula is C41H70O6. The molecule has 47 heavy (non-hydrogen) atoms. The first-order valence-corrected chi connectivity index (χ1v) is 19.0. The molecule has 0 saturated heterocycles. The monoisotopic (exact) mass is 659 g/mol. The molecule has 1 N–H and O–H groups in total. The van der Waals surface area contributed by atoms with Crippen LogP contribution >= 0.6 is 0 Å². The van der Waals surface area contributed by atoms with Crippen molar-refractivity contribution in [3.05, 3.63) is 48.6 Å². The Balaban J connectivity index is 3.59. The molecule has 0 radical (unpaired) electrons. The molecule has 0 aliphatic carbocycles. The second kappa shape index (κ2) is 34.9. The standard InChI is InChI=1S/C41H70O6/c1-4-5-25-31-38(42)32-27-22-18-14-10-8-12-16-20-24-29-34-41(45)47-36-39(43)35-46-40(44)33-28-23-19-15-11-7-6-9-13-17-21-26-30-37(2)3/h8,10,16,18,20,22,27,32,37,39,43H,4-7,9,11-15,17,19,21,23-26,28-31,33-36H2,1-3H3/b10-8-,20-16-,22-18-,32-27+/t39-/m1/s1. The van der Waals surface area contributed by atoms with Crippen LogP contribution in [0.1, 0.15) is 168 Å². The van der Waals surface area contributed by atoms with Gasteiger partial charge < -0.3 is 14.6 Å². The van der Waals surface area contributed by atoms with E-state index in [2.05, 4.69) is 39.0 Å². The van der Waals surface area contributed by atoms with E-state index in [1.807, 2.05) is 24.3 Å². The summed E-state index contributed by atoms with van der Waals surface area (Å²) in [5.74, 6) is 0.359. The van der Waals surface area contributed by atoms with Crippen LogP contribution in [0.3, 0.4) is 0 Å². The molecule has 0 unspecified atom stereocenters. The Morgan fingerprint density at radius 3 is 1.64 bits per heavy atom. The minimum atomic E-state index is -1.00. The van der Waals surface area contributed by atoms with E-state index < -0.39 is 6.10 Å². The molecule has 0 spiro atoms. The minimum Gasteiger partial charge on any atom is -0.463 e. The molecule has 0 aromatic carbocycles. The van der Waals surface area contributed by atoms with Crippen LogP contribution in [0.4, 0.5) is 0 Å². The summed E-state index contributed by atoms with van der Waals surface area (Å²) in [5.41, 5.74) is 0. The van der Waals surface area contributed by atoms with Crippen LogP contribution in [0.25, 0.3) is 0 Å². The largest absolute Gasteiger partial charge is 0.463 e. The molecule has 0 bridgehead atoms. The van der Waals surface area contributed by atoms with E-state index in [1.165, 1.54) is 64.2 Å².